The number of nitrogens with zero attached hydrogens (tertiary/aromatic N) is 1. The fraction of sp³-hybridized carbons (Fsp3) is 0.588. The highest BCUT2D eigenvalue weighted by Crippen LogP contribution is 2.17. The second kappa shape index (κ2) is 9.16. The van der Waals surface area contributed by atoms with Gasteiger partial charge in [-0.3, -0.25) is 4.79 Å². The number of amides is 1. The third kappa shape index (κ3) is 5.42. The summed E-state index contributed by atoms with van der Waals surface area (Å²) >= 11 is 1.52. The molecule has 26 heavy (non-hydrogen) atoms. The molecule has 1 aromatic rings. The van der Waals surface area contributed by atoms with Crippen LogP contribution in [-0.2, 0) is 19.6 Å². The number of nitrogens with one attached hydrogen (secondary N) is 1. The molecule has 0 spiro atoms. The van der Waals surface area contributed by atoms with Crippen LogP contribution in [0.3, 0.4) is 0 Å². The van der Waals surface area contributed by atoms with Gasteiger partial charge >= 0.3 is 0 Å². The van der Waals surface area contributed by atoms with Crippen molar-refractivity contribution in [3.63, 3.8) is 0 Å². The Balaban J connectivity index is 2.21. The number of hydrogen-bond donors (Lipinski definition) is 1. The Kier molecular flexibility index (Phi) is 7.45. The van der Waals surface area contributed by atoms with Gasteiger partial charge in [-0.25, -0.2) is 12.8 Å². The molecule has 1 saturated heterocycles. The Bertz CT molecular complexity index is 719. The molecule has 1 amide bonds. The lowest BCUT2D eigenvalue weighted by molar-refractivity contribution is -0.145. The van der Waals surface area contributed by atoms with E-state index in [1.54, 1.807) is 4.90 Å². The van der Waals surface area contributed by atoms with E-state index in [4.69, 9.17) is 4.74 Å². The van der Waals surface area contributed by atoms with Gasteiger partial charge < -0.3 is 9.64 Å². The second-order valence-corrected chi connectivity index (χ2v) is 9.05. The molecule has 1 aliphatic heterocycles. The smallest absolute Gasteiger partial charge is 0.244 e. The number of hydrogen-bond acceptors (Lipinski definition) is 5. The summed E-state index contributed by atoms with van der Waals surface area (Å²) in [6.45, 7) is 4.55. The molecular weight excluding hydrogens is 379 g/mol. The van der Waals surface area contributed by atoms with E-state index in [1.807, 2.05) is 20.1 Å². The quantitative estimate of drug-likeness (QED) is 0.751. The number of halogens is 1. The fourth-order valence-electron chi connectivity index (χ4n) is 2.96. The van der Waals surface area contributed by atoms with Crippen LogP contribution in [0.15, 0.2) is 29.2 Å². The van der Waals surface area contributed by atoms with Crippen LogP contribution >= 0.6 is 11.8 Å². The van der Waals surface area contributed by atoms with E-state index < -0.39 is 26.8 Å². The summed E-state index contributed by atoms with van der Waals surface area (Å²) < 4.78 is 47.1. The van der Waals surface area contributed by atoms with Gasteiger partial charge in [-0.05, 0) is 44.4 Å². The van der Waals surface area contributed by atoms with Crippen molar-refractivity contribution in [3.05, 3.63) is 30.1 Å². The first-order valence-corrected chi connectivity index (χ1v) is 11.3. The lowest BCUT2D eigenvalue weighted by Gasteiger charge is -2.37. The van der Waals surface area contributed by atoms with Crippen LogP contribution in [0.2, 0.25) is 0 Å². The molecule has 0 saturated carbocycles. The summed E-state index contributed by atoms with van der Waals surface area (Å²) in [6, 6.07) is 4.19. The molecule has 146 valence electrons. The third-order valence-electron chi connectivity index (χ3n) is 4.06. The molecule has 1 aliphatic rings. The highest BCUT2D eigenvalue weighted by Gasteiger charge is 2.33. The normalized spacial score (nSPS) is 22.2. The van der Waals surface area contributed by atoms with Crippen LogP contribution in [0.4, 0.5) is 4.39 Å². The molecule has 2 rings (SSSR count). The van der Waals surface area contributed by atoms with Crippen molar-refractivity contribution >= 4 is 27.7 Å². The minimum atomic E-state index is -4.14. The Morgan fingerprint density at radius 2 is 1.96 bits per heavy atom. The summed E-state index contributed by atoms with van der Waals surface area (Å²) in [7, 11) is -4.14. The molecular formula is C17H25FN2O4S2. The van der Waals surface area contributed by atoms with E-state index in [0.29, 0.717) is 25.3 Å². The van der Waals surface area contributed by atoms with Gasteiger partial charge in [-0.15, -0.1) is 0 Å². The maximum Gasteiger partial charge on any atom is 0.244 e. The van der Waals surface area contributed by atoms with Crippen molar-refractivity contribution < 1.29 is 22.3 Å². The number of carbonyl (C=O) groups is 1. The minimum Gasteiger partial charge on any atom is -0.372 e. The Morgan fingerprint density at radius 3 is 2.54 bits per heavy atom. The summed E-state index contributed by atoms with van der Waals surface area (Å²) in [5, 5.41) is 0. The largest absolute Gasteiger partial charge is 0.372 e. The number of thioether (sulfide) groups is 1. The first-order chi connectivity index (χ1) is 12.2. The molecule has 0 radical (unpaired) electrons. The van der Waals surface area contributed by atoms with Crippen LogP contribution in [0, 0.1) is 5.82 Å². The molecule has 1 aromatic carbocycles. The van der Waals surface area contributed by atoms with Crippen molar-refractivity contribution in [1.82, 2.24) is 9.62 Å². The number of morpholine rings is 1. The highest BCUT2D eigenvalue weighted by atomic mass is 32.2. The van der Waals surface area contributed by atoms with E-state index in [-0.39, 0.29) is 18.1 Å². The number of sulfonamides is 1. The minimum absolute atomic E-state index is 0.118. The molecule has 0 aromatic heterocycles. The van der Waals surface area contributed by atoms with Gasteiger partial charge in [0, 0.05) is 13.1 Å². The average molecular weight is 405 g/mol. The summed E-state index contributed by atoms with van der Waals surface area (Å²) in [4.78, 5) is 14.1. The zero-order valence-electron chi connectivity index (χ0n) is 15.1. The van der Waals surface area contributed by atoms with Crippen molar-refractivity contribution in [2.24, 2.45) is 0 Å². The van der Waals surface area contributed by atoms with Crippen molar-refractivity contribution in [1.29, 1.82) is 0 Å². The van der Waals surface area contributed by atoms with Crippen molar-refractivity contribution in [2.75, 3.05) is 25.1 Å². The van der Waals surface area contributed by atoms with E-state index in [1.165, 1.54) is 30.0 Å². The Morgan fingerprint density at radius 1 is 1.35 bits per heavy atom. The van der Waals surface area contributed by atoms with Gasteiger partial charge in [0.2, 0.25) is 15.9 Å². The predicted octanol–water partition coefficient (Wildman–Crippen LogP) is 1.86. The second-order valence-electron chi connectivity index (χ2n) is 6.39. The number of benzene rings is 1. The molecule has 1 heterocycles. The van der Waals surface area contributed by atoms with E-state index in [9.17, 15) is 17.6 Å². The Hall–Kier alpha value is -1.16. The molecule has 0 aliphatic carbocycles. The zero-order chi connectivity index (χ0) is 19.3. The highest BCUT2D eigenvalue weighted by molar-refractivity contribution is 7.98. The van der Waals surface area contributed by atoms with E-state index in [0.717, 1.165) is 6.07 Å². The first kappa shape index (κ1) is 21.1. The molecule has 1 fully saturated rings. The van der Waals surface area contributed by atoms with Gasteiger partial charge in [-0.1, -0.05) is 12.1 Å². The van der Waals surface area contributed by atoms with Gasteiger partial charge in [0.15, 0.2) is 0 Å². The van der Waals surface area contributed by atoms with Crippen LogP contribution in [0.5, 0.6) is 0 Å². The van der Waals surface area contributed by atoms with Crippen LogP contribution < -0.4 is 4.72 Å². The lowest BCUT2D eigenvalue weighted by atomic mass is 10.1. The lowest BCUT2D eigenvalue weighted by Crippen LogP contribution is -2.55. The topological polar surface area (TPSA) is 75.7 Å². The van der Waals surface area contributed by atoms with Gasteiger partial charge in [-0.2, -0.15) is 16.5 Å². The molecule has 6 nitrogen and oxygen atoms in total. The maximum atomic E-state index is 13.9. The Labute approximate surface area is 158 Å². The van der Waals surface area contributed by atoms with E-state index in [2.05, 4.69) is 4.72 Å². The summed E-state index contributed by atoms with van der Waals surface area (Å²) in [6.07, 6.45) is 1.97. The van der Waals surface area contributed by atoms with Crippen molar-refractivity contribution in [3.8, 4) is 0 Å². The maximum absolute atomic E-state index is 13.9. The number of carbonyl (C=O) groups excluding carboxylic acids is 1. The SMILES string of the molecule is CSCC[C@@H](NS(=O)(=O)c1ccccc1F)C(=O)N1C[C@H](C)O[C@@H](C)C1. The monoisotopic (exact) mass is 404 g/mol. The fourth-order valence-corrected chi connectivity index (χ4v) is 4.73. The summed E-state index contributed by atoms with van der Waals surface area (Å²) in [5.41, 5.74) is 0. The molecule has 0 bridgehead atoms. The standard InChI is InChI=1S/C17H25FN2O4S2/c1-12-10-20(11-13(2)24-12)17(21)15(8-9-25-3)19-26(22,23)16-7-5-4-6-14(16)18/h4-7,12-13,15,19H,8-11H2,1-3H3/t12-,13-,15+/m0/s1. The number of ether oxygens (including phenoxy) is 1. The first-order valence-electron chi connectivity index (χ1n) is 8.44. The predicted molar refractivity (Wildman–Crippen MR) is 100 cm³/mol. The number of rotatable bonds is 7. The zero-order valence-corrected chi connectivity index (χ0v) is 16.8. The van der Waals surface area contributed by atoms with Gasteiger partial charge in [0.05, 0.1) is 12.2 Å². The molecule has 9 heteroatoms. The van der Waals surface area contributed by atoms with Crippen LogP contribution in [0.25, 0.3) is 0 Å². The molecule has 3 atom stereocenters. The van der Waals surface area contributed by atoms with Gasteiger partial charge in [0.25, 0.3) is 0 Å². The molecule has 0 unspecified atom stereocenters. The van der Waals surface area contributed by atoms with E-state index >= 15 is 0 Å². The summed E-state index contributed by atoms with van der Waals surface area (Å²) in [5.74, 6) is -0.545. The average Bonchev–Trinajstić information content (AvgIpc) is 2.57. The molecule has 1 N–H and O–H groups in total. The van der Waals surface area contributed by atoms with Crippen LogP contribution in [0.1, 0.15) is 20.3 Å². The van der Waals surface area contributed by atoms with Gasteiger partial charge in [0.1, 0.15) is 16.8 Å². The van der Waals surface area contributed by atoms with Crippen molar-refractivity contribution in [2.45, 2.75) is 43.4 Å². The third-order valence-corrected chi connectivity index (χ3v) is 6.21. The van der Waals surface area contributed by atoms with Crippen LogP contribution in [-0.4, -0.2) is 62.6 Å².